The molecule has 1 aliphatic rings. The fourth-order valence-electron chi connectivity index (χ4n) is 3.26. The zero-order valence-corrected chi connectivity index (χ0v) is 18.5. The number of benzene rings is 1. The molecule has 2 rings (SSSR count). The Kier molecular flexibility index (Phi) is 11.5. The molecule has 1 aromatic carbocycles. The van der Waals surface area contributed by atoms with Crippen LogP contribution >= 0.6 is 0 Å². The van der Waals surface area contributed by atoms with Crippen molar-refractivity contribution in [3.8, 4) is 5.75 Å². The lowest BCUT2D eigenvalue weighted by Gasteiger charge is -2.26. The summed E-state index contributed by atoms with van der Waals surface area (Å²) in [6.45, 7) is 17.2. The second-order valence-electron chi connectivity index (χ2n) is 7.06. The van der Waals surface area contributed by atoms with Gasteiger partial charge in [0.1, 0.15) is 12.4 Å². The maximum Gasteiger partial charge on any atom is 0.191 e. The molecule has 0 radical (unpaired) electrons. The number of para-hydroxylation sites is 1. The second kappa shape index (κ2) is 14.2. The lowest BCUT2D eigenvalue weighted by atomic mass is 10.2. The quantitative estimate of drug-likeness (QED) is 0.408. The SMILES string of the molecule is CCNC(=NCc1ccccc1OCCN(CC)CC)NCCN1CCOCC1. The van der Waals surface area contributed by atoms with E-state index in [9.17, 15) is 0 Å². The van der Waals surface area contributed by atoms with Crippen LogP contribution in [0.25, 0.3) is 0 Å². The predicted molar refractivity (Wildman–Crippen MR) is 120 cm³/mol. The van der Waals surface area contributed by atoms with E-state index in [2.05, 4.69) is 47.3 Å². The molecule has 1 saturated heterocycles. The average Bonchev–Trinajstić information content (AvgIpc) is 2.76. The molecule has 7 heteroatoms. The Bertz CT molecular complexity index is 586. The molecular weight excluding hydrogens is 366 g/mol. The number of likely N-dealkylation sites (N-methyl/N-ethyl adjacent to an activating group) is 1. The van der Waals surface area contributed by atoms with Crippen LogP contribution in [0.2, 0.25) is 0 Å². The molecular formula is C22H39N5O2. The predicted octanol–water partition coefficient (Wildman–Crippen LogP) is 1.79. The van der Waals surface area contributed by atoms with Crippen LogP contribution in [0, 0.1) is 0 Å². The molecule has 0 spiro atoms. The van der Waals surface area contributed by atoms with E-state index in [-0.39, 0.29) is 0 Å². The molecule has 7 nitrogen and oxygen atoms in total. The van der Waals surface area contributed by atoms with Crippen molar-refractivity contribution in [2.75, 3.05) is 72.2 Å². The number of morpholine rings is 1. The van der Waals surface area contributed by atoms with Gasteiger partial charge in [-0.05, 0) is 26.1 Å². The summed E-state index contributed by atoms with van der Waals surface area (Å²) in [5, 5.41) is 6.77. The fraction of sp³-hybridized carbons (Fsp3) is 0.682. The van der Waals surface area contributed by atoms with Crippen molar-refractivity contribution in [1.82, 2.24) is 20.4 Å². The molecule has 1 heterocycles. The molecule has 2 N–H and O–H groups in total. The van der Waals surface area contributed by atoms with Gasteiger partial charge in [-0.25, -0.2) is 4.99 Å². The minimum Gasteiger partial charge on any atom is -0.492 e. The molecule has 0 aromatic heterocycles. The van der Waals surface area contributed by atoms with E-state index < -0.39 is 0 Å². The van der Waals surface area contributed by atoms with E-state index in [1.165, 1.54) is 0 Å². The summed E-state index contributed by atoms with van der Waals surface area (Å²) in [4.78, 5) is 9.54. The molecule has 0 bridgehead atoms. The van der Waals surface area contributed by atoms with Gasteiger partial charge in [-0.1, -0.05) is 32.0 Å². The van der Waals surface area contributed by atoms with Crippen molar-refractivity contribution >= 4 is 5.96 Å². The first-order valence-corrected chi connectivity index (χ1v) is 11.0. The van der Waals surface area contributed by atoms with Gasteiger partial charge in [0.05, 0.1) is 19.8 Å². The summed E-state index contributed by atoms with van der Waals surface area (Å²) in [5.74, 6) is 1.77. The maximum atomic E-state index is 6.05. The molecule has 1 aliphatic heterocycles. The van der Waals surface area contributed by atoms with E-state index in [1.54, 1.807) is 0 Å². The number of nitrogens with zero attached hydrogens (tertiary/aromatic N) is 3. The Labute approximate surface area is 176 Å². The first kappa shape index (κ1) is 23.4. The second-order valence-corrected chi connectivity index (χ2v) is 7.06. The lowest BCUT2D eigenvalue weighted by Crippen LogP contribution is -2.44. The fourth-order valence-corrected chi connectivity index (χ4v) is 3.26. The summed E-state index contributed by atoms with van der Waals surface area (Å²) in [6.07, 6.45) is 0. The Balaban J connectivity index is 1.85. The van der Waals surface area contributed by atoms with E-state index in [4.69, 9.17) is 14.5 Å². The maximum absolute atomic E-state index is 6.05. The summed E-state index contributed by atoms with van der Waals surface area (Å²) in [7, 11) is 0. The van der Waals surface area contributed by atoms with Crippen molar-refractivity contribution in [1.29, 1.82) is 0 Å². The number of rotatable bonds is 12. The Morgan fingerprint density at radius 2 is 1.90 bits per heavy atom. The normalized spacial score (nSPS) is 15.5. The highest BCUT2D eigenvalue weighted by atomic mass is 16.5. The molecule has 0 unspecified atom stereocenters. The zero-order valence-electron chi connectivity index (χ0n) is 18.5. The lowest BCUT2D eigenvalue weighted by molar-refractivity contribution is 0.0389. The third-order valence-corrected chi connectivity index (χ3v) is 5.11. The molecule has 0 saturated carbocycles. The van der Waals surface area contributed by atoms with E-state index in [0.717, 1.165) is 82.8 Å². The molecule has 0 aliphatic carbocycles. The number of nitrogens with one attached hydrogen (secondary N) is 2. The highest BCUT2D eigenvalue weighted by Gasteiger charge is 2.10. The van der Waals surface area contributed by atoms with Gasteiger partial charge in [0.2, 0.25) is 0 Å². The van der Waals surface area contributed by atoms with Gasteiger partial charge in [-0.2, -0.15) is 0 Å². The summed E-state index contributed by atoms with van der Waals surface area (Å²) in [5.41, 5.74) is 1.11. The minimum absolute atomic E-state index is 0.592. The van der Waals surface area contributed by atoms with Gasteiger partial charge in [-0.3, -0.25) is 4.90 Å². The Morgan fingerprint density at radius 3 is 2.62 bits per heavy atom. The molecule has 29 heavy (non-hydrogen) atoms. The first-order valence-electron chi connectivity index (χ1n) is 11.0. The van der Waals surface area contributed by atoms with E-state index in [0.29, 0.717) is 13.2 Å². The van der Waals surface area contributed by atoms with Crippen molar-refractivity contribution in [2.45, 2.75) is 27.3 Å². The third-order valence-electron chi connectivity index (χ3n) is 5.11. The smallest absolute Gasteiger partial charge is 0.191 e. The van der Waals surface area contributed by atoms with Gasteiger partial charge in [0.25, 0.3) is 0 Å². The standard InChI is InChI=1S/C22H39N5O2/c1-4-23-22(24-11-12-27-13-16-28-17-14-27)25-19-20-9-7-8-10-21(20)29-18-15-26(5-2)6-3/h7-10H,4-6,11-19H2,1-3H3,(H2,23,24,25). The Morgan fingerprint density at radius 1 is 1.14 bits per heavy atom. The van der Waals surface area contributed by atoms with Crippen LogP contribution in [0.3, 0.4) is 0 Å². The first-order chi connectivity index (χ1) is 14.3. The van der Waals surface area contributed by atoms with Gasteiger partial charge in [0, 0.05) is 44.8 Å². The van der Waals surface area contributed by atoms with Crippen LogP contribution in [0.5, 0.6) is 5.75 Å². The van der Waals surface area contributed by atoms with Crippen LogP contribution < -0.4 is 15.4 Å². The zero-order chi connectivity index (χ0) is 20.7. The van der Waals surface area contributed by atoms with Gasteiger partial charge < -0.3 is 25.0 Å². The Hall–Kier alpha value is -1.83. The van der Waals surface area contributed by atoms with Crippen LogP contribution in [-0.4, -0.2) is 87.9 Å². The number of aliphatic imine (C=N–C) groups is 1. The topological polar surface area (TPSA) is 61.4 Å². The van der Waals surface area contributed by atoms with Gasteiger partial charge in [0.15, 0.2) is 5.96 Å². The van der Waals surface area contributed by atoms with Crippen molar-refractivity contribution in [3.05, 3.63) is 29.8 Å². The van der Waals surface area contributed by atoms with Crippen LogP contribution in [0.4, 0.5) is 0 Å². The third kappa shape index (κ3) is 9.02. The number of guanidine groups is 1. The number of ether oxygens (including phenoxy) is 2. The van der Waals surface area contributed by atoms with Crippen LogP contribution in [-0.2, 0) is 11.3 Å². The van der Waals surface area contributed by atoms with Crippen molar-refractivity contribution < 1.29 is 9.47 Å². The molecule has 1 fully saturated rings. The summed E-state index contributed by atoms with van der Waals surface area (Å²) >= 11 is 0. The van der Waals surface area contributed by atoms with Crippen molar-refractivity contribution in [2.24, 2.45) is 4.99 Å². The monoisotopic (exact) mass is 405 g/mol. The molecule has 0 amide bonds. The summed E-state index contributed by atoms with van der Waals surface area (Å²) < 4.78 is 11.5. The van der Waals surface area contributed by atoms with Crippen LogP contribution in [0.15, 0.2) is 29.3 Å². The van der Waals surface area contributed by atoms with Crippen molar-refractivity contribution in [3.63, 3.8) is 0 Å². The van der Waals surface area contributed by atoms with E-state index >= 15 is 0 Å². The van der Waals surface area contributed by atoms with Crippen LogP contribution in [0.1, 0.15) is 26.3 Å². The average molecular weight is 406 g/mol. The molecule has 164 valence electrons. The highest BCUT2D eigenvalue weighted by Crippen LogP contribution is 2.18. The number of hydrogen-bond acceptors (Lipinski definition) is 5. The van der Waals surface area contributed by atoms with Gasteiger partial charge >= 0.3 is 0 Å². The number of hydrogen-bond donors (Lipinski definition) is 2. The molecule has 1 aromatic rings. The highest BCUT2D eigenvalue weighted by molar-refractivity contribution is 5.79. The minimum atomic E-state index is 0.592. The molecule has 0 atom stereocenters. The largest absolute Gasteiger partial charge is 0.492 e. The van der Waals surface area contributed by atoms with E-state index in [1.807, 2.05) is 18.2 Å². The van der Waals surface area contributed by atoms with Gasteiger partial charge in [-0.15, -0.1) is 0 Å². The summed E-state index contributed by atoms with van der Waals surface area (Å²) in [6, 6.07) is 8.19.